The second-order valence-electron chi connectivity index (χ2n) is 7.87. The summed E-state index contributed by atoms with van der Waals surface area (Å²) in [6.07, 6.45) is 4.59. The predicted octanol–water partition coefficient (Wildman–Crippen LogP) is 3.68. The normalized spacial score (nSPS) is 12.4. The molecule has 0 aromatic carbocycles. The van der Waals surface area contributed by atoms with Gasteiger partial charge in [-0.25, -0.2) is 18.9 Å². The predicted molar refractivity (Wildman–Crippen MR) is 94.7 cm³/mol. The van der Waals surface area contributed by atoms with E-state index in [1.165, 1.54) is 23.0 Å². The van der Waals surface area contributed by atoms with Crippen molar-refractivity contribution >= 4 is 5.65 Å². The van der Waals surface area contributed by atoms with Crippen molar-refractivity contribution in [2.75, 3.05) is 0 Å². The quantitative estimate of drug-likeness (QED) is 0.710. The molecule has 3 heterocycles. The summed E-state index contributed by atoms with van der Waals surface area (Å²) in [4.78, 5) is 12.5. The topological polar surface area (TPSA) is 74.4 Å². The first-order chi connectivity index (χ1) is 12.0. The fourth-order valence-electron chi connectivity index (χ4n) is 2.23. The SMILES string of the molecule is CC(C)(C)Oc1ncc(-c2cc(F)c3nccn3n2)c(OC(C)(C)C)n1. The van der Waals surface area contributed by atoms with Gasteiger partial charge < -0.3 is 9.47 Å². The summed E-state index contributed by atoms with van der Waals surface area (Å²) in [7, 11) is 0. The van der Waals surface area contributed by atoms with E-state index < -0.39 is 17.0 Å². The van der Waals surface area contributed by atoms with Crippen LogP contribution in [-0.2, 0) is 0 Å². The molecular formula is C18H22FN5O2. The minimum absolute atomic E-state index is 0.153. The second-order valence-corrected chi connectivity index (χ2v) is 7.87. The van der Waals surface area contributed by atoms with Crippen LogP contribution in [-0.4, -0.2) is 35.8 Å². The van der Waals surface area contributed by atoms with Crippen LogP contribution in [0, 0.1) is 5.82 Å². The van der Waals surface area contributed by atoms with E-state index in [9.17, 15) is 4.39 Å². The number of fused-ring (bicyclic) bond motifs is 1. The van der Waals surface area contributed by atoms with Gasteiger partial charge in [0.15, 0.2) is 11.5 Å². The molecule has 7 nitrogen and oxygen atoms in total. The van der Waals surface area contributed by atoms with E-state index in [-0.39, 0.29) is 17.5 Å². The summed E-state index contributed by atoms with van der Waals surface area (Å²) in [6, 6.07) is 1.48. The van der Waals surface area contributed by atoms with E-state index in [0.717, 1.165) is 0 Å². The Hall–Kier alpha value is -2.77. The molecule has 0 aliphatic heterocycles. The molecule has 0 N–H and O–H groups in total. The van der Waals surface area contributed by atoms with Crippen molar-refractivity contribution in [2.45, 2.75) is 52.7 Å². The largest absolute Gasteiger partial charge is 0.471 e. The maximum Gasteiger partial charge on any atom is 0.320 e. The van der Waals surface area contributed by atoms with Gasteiger partial charge in [0.1, 0.15) is 16.9 Å². The molecule has 0 amide bonds. The maximum atomic E-state index is 14.3. The molecule has 0 aliphatic carbocycles. The zero-order chi connectivity index (χ0) is 19.1. The van der Waals surface area contributed by atoms with Crippen LogP contribution in [0.5, 0.6) is 11.9 Å². The van der Waals surface area contributed by atoms with Crippen LogP contribution in [0.15, 0.2) is 24.7 Å². The first-order valence-corrected chi connectivity index (χ1v) is 8.27. The summed E-state index contributed by atoms with van der Waals surface area (Å²) in [5.41, 5.74) is -0.00809. The number of hydrogen-bond donors (Lipinski definition) is 0. The Balaban J connectivity index is 2.11. The molecule has 8 heteroatoms. The fraction of sp³-hybridized carbons (Fsp3) is 0.444. The van der Waals surface area contributed by atoms with E-state index >= 15 is 0 Å². The van der Waals surface area contributed by atoms with Crippen LogP contribution in [0.4, 0.5) is 4.39 Å². The van der Waals surface area contributed by atoms with Crippen LogP contribution in [0.2, 0.25) is 0 Å². The second kappa shape index (κ2) is 6.19. The van der Waals surface area contributed by atoms with Crippen molar-refractivity contribution in [3.05, 3.63) is 30.5 Å². The lowest BCUT2D eigenvalue weighted by Crippen LogP contribution is -2.26. The third-order valence-corrected chi connectivity index (χ3v) is 3.12. The van der Waals surface area contributed by atoms with Crippen molar-refractivity contribution in [3.63, 3.8) is 0 Å². The van der Waals surface area contributed by atoms with Gasteiger partial charge in [0, 0.05) is 24.7 Å². The zero-order valence-electron chi connectivity index (χ0n) is 15.7. The third kappa shape index (κ3) is 4.07. The van der Waals surface area contributed by atoms with Crippen LogP contribution < -0.4 is 9.47 Å². The van der Waals surface area contributed by atoms with Gasteiger partial charge in [0.25, 0.3) is 0 Å². The van der Waals surface area contributed by atoms with Crippen LogP contribution in [0.1, 0.15) is 41.5 Å². The minimum Gasteiger partial charge on any atom is -0.471 e. The van der Waals surface area contributed by atoms with Gasteiger partial charge in [-0.3, -0.25) is 0 Å². The van der Waals surface area contributed by atoms with Crippen LogP contribution >= 0.6 is 0 Å². The Morgan fingerprint density at radius 2 is 1.69 bits per heavy atom. The summed E-state index contributed by atoms with van der Waals surface area (Å²) in [6.45, 7) is 11.4. The molecule has 26 heavy (non-hydrogen) atoms. The monoisotopic (exact) mass is 359 g/mol. The average molecular weight is 359 g/mol. The highest BCUT2D eigenvalue weighted by Gasteiger charge is 2.22. The number of rotatable bonds is 3. The number of halogens is 1. The molecule has 0 spiro atoms. The summed E-state index contributed by atoms with van der Waals surface area (Å²) < 4.78 is 27.3. The molecule has 3 aromatic rings. The van der Waals surface area contributed by atoms with Gasteiger partial charge in [0.2, 0.25) is 5.88 Å². The number of imidazole rings is 1. The molecule has 3 aromatic heterocycles. The summed E-state index contributed by atoms with van der Waals surface area (Å²) >= 11 is 0. The summed E-state index contributed by atoms with van der Waals surface area (Å²) in [5, 5.41) is 4.37. The molecule has 0 bridgehead atoms. The molecule has 0 radical (unpaired) electrons. The van der Waals surface area contributed by atoms with Crippen LogP contribution in [0.25, 0.3) is 16.9 Å². The minimum atomic E-state index is -0.514. The number of hydrogen-bond acceptors (Lipinski definition) is 6. The van der Waals surface area contributed by atoms with Crippen molar-refractivity contribution in [1.82, 2.24) is 24.6 Å². The van der Waals surface area contributed by atoms with Crippen LogP contribution in [0.3, 0.4) is 0 Å². The Morgan fingerprint density at radius 1 is 1.00 bits per heavy atom. The van der Waals surface area contributed by atoms with Crippen molar-refractivity contribution in [3.8, 4) is 23.1 Å². The molecule has 0 saturated heterocycles. The lowest BCUT2D eigenvalue weighted by Gasteiger charge is -2.24. The Kier molecular flexibility index (Phi) is 4.29. The molecule has 0 atom stereocenters. The van der Waals surface area contributed by atoms with Crippen molar-refractivity contribution < 1.29 is 13.9 Å². The molecule has 0 unspecified atom stereocenters. The van der Waals surface area contributed by atoms with Gasteiger partial charge in [-0.15, -0.1) is 0 Å². The van der Waals surface area contributed by atoms with Gasteiger partial charge in [-0.05, 0) is 41.5 Å². The smallest absolute Gasteiger partial charge is 0.320 e. The Bertz CT molecular complexity index is 941. The van der Waals surface area contributed by atoms with E-state index in [1.807, 2.05) is 41.5 Å². The van der Waals surface area contributed by atoms with Gasteiger partial charge in [0.05, 0.1) is 5.56 Å². The first kappa shape index (κ1) is 18.0. The molecular weight excluding hydrogens is 337 g/mol. The van der Waals surface area contributed by atoms with Gasteiger partial charge in [-0.2, -0.15) is 10.1 Å². The number of nitrogens with zero attached hydrogens (tertiary/aromatic N) is 5. The molecule has 0 aliphatic rings. The van der Waals surface area contributed by atoms with E-state index in [1.54, 1.807) is 6.20 Å². The van der Waals surface area contributed by atoms with E-state index in [0.29, 0.717) is 11.3 Å². The first-order valence-electron chi connectivity index (χ1n) is 8.27. The summed E-state index contributed by atoms with van der Waals surface area (Å²) in [5.74, 6) is -0.213. The molecule has 0 fully saturated rings. The van der Waals surface area contributed by atoms with Gasteiger partial charge in [-0.1, -0.05) is 0 Å². The zero-order valence-corrected chi connectivity index (χ0v) is 15.7. The van der Waals surface area contributed by atoms with Gasteiger partial charge >= 0.3 is 6.01 Å². The van der Waals surface area contributed by atoms with Crippen molar-refractivity contribution in [1.29, 1.82) is 0 Å². The van der Waals surface area contributed by atoms with Crippen molar-refractivity contribution in [2.24, 2.45) is 0 Å². The molecule has 0 saturated carbocycles. The Morgan fingerprint density at radius 3 is 2.35 bits per heavy atom. The number of ether oxygens (including phenoxy) is 2. The lowest BCUT2D eigenvalue weighted by molar-refractivity contribution is 0.103. The van der Waals surface area contributed by atoms with E-state index in [4.69, 9.17) is 9.47 Å². The average Bonchev–Trinajstić information content (AvgIpc) is 2.93. The van der Waals surface area contributed by atoms with E-state index in [2.05, 4.69) is 20.1 Å². The fourth-order valence-corrected chi connectivity index (χ4v) is 2.23. The maximum absolute atomic E-state index is 14.3. The third-order valence-electron chi connectivity index (χ3n) is 3.12. The lowest BCUT2D eigenvalue weighted by atomic mass is 10.1. The Labute approximate surface area is 151 Å². The highest BCUT2D eigenvalue weighted by molar-refractivity contribution is 5.65. The highest BCUT2D eigenvalue weighted by Crippen LogP contribution is 2.31. The molecule has 138 valence electrons. The molecule has 3 rings (SSSR count). The number of aromatic nitrogens is 5. The standard InChI is InChI=1S/C18H22FN5O2/c1-17(2,3)25-15-11(10-21-16(22-15)26-18(4,5)6)13-9-12(19)14-20-7-8-24(14)23-13/h7-10H,1-6H3. The highest BCUT2D eigenvalue weighted by atomic mass is 19.1.